The standard InChI is InChI=1S/C18H30O/c1-5-13(6-2)17-14-8-16(15(17)7-3)18(10-14)9-12(4)19-11-18/h13-17H,4-11H2,1-3H3. The van der Waals surface area contributed by atoms with E-state index < -0.39 is 0 Å². The van der Waals surface area contributed by atoms with E-state index in [9.17, 15) is 0 Å². The molecule has 2 saturated carbocycles. The summed E-state index contributed by atoms with van der Waals surface area (Å²) in [4.78, 5) is 0. The van der Waals surface area contributed by atoms with Crippen molar-refractivity contribution in [2.75, 3.05) is 6.61 Å². The normalized spacial score (nSPS) is 44.5. The fourth-order valence-electron chi connectivity index (χ4n) is 6.11. The fraction of sp³-hybridized carbons (Fsp3) is 0.889. The molecule has 1 saturated heterocycles. The van der Waals surface area contributed by atoms with Crippen molar-refractivity contribution in [3.8, 4) is 0 Å². The first-order valence-corrected chi connectivity index (χ1v) is 8.45. The van der Waals surface area contributed by atoms with Crippen LogP contribution < -0.4 is 0 Å². The van der Waals surface area contributed by atoms with Gasteiger partial charge in [-0.15, -0.1) is 0 Å². The van der Waals surface area contributed by atoms with Crippen molar-refractivity contribution in [3.63, 3.8) is 0 Å². The molecule has 2 aliphatic carbocycles. The van der Waals surface area contributed by atoms with Gasteiger partial charge in [-0.2, -0.15) is 0 Å². The van der Waals surface area contributed by atoms with Crippen molar-refractivity contribution in [2.45, 2.75) is 59.3 Å². The van der Waals surface area contributed by atoms with Gasteiger partial charge in [-0.25, -0.2) is 0 Å². The maximum Gasteiger partial charge on any atom is 0.0940 e. The first-order valence-electron chi connectivity index (χ1n) is 8.45. The molecule has 1 aliphatic heterocycles. The molecule has 5 unspecified atom stereocenters. The average Bonchev–Trinajstić information content (AvgIpc) is 3.05. The predicted octanol–water partition coefficient (Wildman–Crippen LogP) is 5.03. The van der Waals surface area contributed by atoms with Crippen LogP contribution in [0.3, 0.4) is 0 Å². The van der Waals surface area contributed by atoms with Crippen LogP contribution in [-0.2, 0) is 4.74 Å². The van der Waals surface area contributed by atoms with E-state index in [2.05, 4.69) is 27.4 Å². The molecule has 0 N–H and O–H groups in total. The number of hydrogen-bond donors (Lipinski definition) is 0. The summed E-state index contributed by atoms with van der Waals surface area (Å²) in [6, 6.07) is 0. The summed E-state index contributed by atoms with van der Waals surface area (Å²) < 4.78 is 5.79. The summed E-state index contributed by atoms with van der Waals surface area (Å²) in [5, 5.41) is 0. The van der Waals surface area contributed by atoms with Crippen molar-refractivity contribution in [1.29, 1.82) is 0 Å². The Labute approximate surface area is 118 Å². The molecule has 3 aliphatic rings. The number of hydrogen-bond acceptors (Lipinski definition) is 1. The molecule has 0 aromatic rings. The Kier molecular flexibility index (Phi) is 3.43. The number of fused-ring (bicyclic) bond motifs is 3. The summed E-state index contributed by atoms with van der Waals surface area (Å²) in [7, 11) is 0. The molecule has 1 heteroatoms. The zero-order chi connectivity index (χ0) is 13.6. The molecule has 1 spiro atoms. The average molecular weight is 262 g/mol. The molecular weight excluding hydrogens is 232 g/mol. The predicted molar refractivity (Wildman–Crippen MR) is 79.7 cm³/mol. The Morgan fingerprint density at radius 3 is 2.58 bits per heavy atom. The van der Waals surface area contributed by atoms with Crippen LogP contribution in [0.4, 0.5) is 0 Å². The Bertz CT molecular complexity index is 357. The maximum absolute atomic E-state index is 5.79. The minimum atomic E-state index is 0.491. The summed E-state index contributed by atoms with van der Waals surface area (Å²) in [6.07, 6.45) is 8.18. The zero-order valence-electron chi connectivity index (χ0n) is 13.0. The molecule has 5 atom stereocenters. The molecule has 19 heavy (non-hydrogen) atoms. The second-order valence-electron chi connectivity index (χ2n) is 7.40. The van der Waals surface area contributed by atoms with Crippen LogP contribution in [0.2, 0.25) is 0 Å². The smallest absolute Gasteiger partial charge is 0.0940 e. The molecule has 3 fully saturated rings. The van der Waals surface area contributed by atoms with Gasteiger partial charge in [-0.1, -0.05) is 46.6 Å². The van der Waals surface area contributed by atoms with Gasteiger partial charge in [-0.05, 0) is 42.4 Å². The van der Waals surface area contributed by atoms with Crippen molar-refractivity contribution in [3.05, 3.63) is 12.3 Å². The van der Waals surface area contributed by atoms with Crippen LogP contribution in [-0.4, -0.2) is 6.61 Å². The van der Waals surface area contributed by atoms with Gasteiger partial charge in [-0.3, -0.25) is 0 Å². The van der Waals surface area contributed by atoms with Gasteiger partial charge in [0.15, 0.2) is 0 Å². The molecule has 0 aromatic heterocycles. The highest BCUT2D eigenvalue weighted by Gasteiger charge is 2.61. The van der Waals surface area contributed by atoms with Crippen LogP contribution >= 0.6 is 0 Å². The van der Waals surface area contributed by atoms with E-state index in [0.717, 1.165) is 48.4 Å². The Morgan fingerprint density at radius 1 is 1.32 bits per heavy atom. The van der Waals surface area contributed by atoms with E-state index in [1.807, 2.05) is 0 Å². The molecule has 108 valence electrons. The molecule has 0 aromatic carbocycles. The zero-order valence-corrected chi connectivity index (χ0v) is 13.0. The molecule has 1 heterocycles. The van der Waals surface area contributed by atoms with Crippen LogP contribution in [0.25, 0.3) is 0 Å². The monoisotopic (exact) mass is 262 g/mol. The molecule has 0 radical (unpaired) electrons. The Morgan fingerprint density at radius 2 is 2.05 bits per heavy atom. The van der Waals surface area contributed by atoms with E-state index in [4.69, 9.17) is 4.74 Å². The molecule has 3 rings (SSSR count). The highest BCUT2D eigenvalue weighted by atomic mass is 16.5. The van der Waals surface area contributed by atoms with Gasteiger partial charge >= 0.3 is 0 Å². The number of ether oxygens (including phenoxy) is 1. The Hall–Kier alpha value is -0.460. The van der Waals surface area contributed by atoms with Gasteiger partial charge in [0, 0.05) is 11.8 Å². The lowest BCUT2D eigenvalue weighted by Gasteiger charge is -2.44. The van der Waals surface area contributed by atoms with E-state index in [0.29, 0.717) is 5.41 Å². The van der Waals surface area contributed by atoms with Crippen LogP contribution in [0, 0.1) is 35.0 Å². The minimum Gasteiger partial charge on any atom is -0.498 e. The van der Waals surface area contributed by atoms with Crippen molar-refractivity contribution in [1.82, 2.24) is 0 Å². The Balaban J connectivity index is 1.83. The van der Waals surface area contributed by atoms with Gasteiger partial charge in [0.05, 0.1) is 12.4 Å². The van der Waals surface area contributed by atoms with Crippen LogP contribution in [0.5, 0.6) is 0 Å². The molecule has 0 amide bonds. The summed E-state index contributed by atoms with van der Waals surface area (Å²) in [5.41, 5.74) is 0.491. The first kappa shape index (κ1) is 13.5. The third-order valence-electron chi connectivity index (χ3n) is 6.74. The fourth-order valence-corrected chi connectivity index (χ4v) is 6.11. The van der Waals surface area contributed by atoms with E-state index in [-0.39, 0.29) is 0 Å². The summed E-state index contributed by atoms with van der Waals surface area (Å²) in [5.74, 6) is 5.88. The second kappa shape index (κ2) is 4.82. The van der Waals surface area contributed by atoms with Gasteiger partial charge in [0.25, 0.3) is 0 Å². The molecule has 1 nitrogen and oxygen atoms in total. The van der Waals surface area contributed by atoms with Crippen molar-refractivity contribution >= 4 is 0 Å². The topological polar surface area (TPSA) is 9.23 Å². The van der Waals surface area contributed by atoms with Crippen molar-refractivity contribution in [2.24, 2.45) is 35.0 Å². The van der Waals surface area contributed by atoms with E-state index in [1.165, 1.54) is 32.1 Å². The van der Waals surface area contributed by atoms with Crippen molar-refractivity contribution < 1.29 is 4.74 Å². The second-order valence-corrected chi connectivity index (χ2v) is 7.40. The lowest BCUT2D eigenvalue weighted by Crippen LogP contribution is -2.40. The third-order valence-corrected chi connectivity index (χ3v) is 6.74. The van der Waals surface area contributed by atoms with Crippen LogP contribution in [0.1, 0.15) is 59.3 Å². The number of allylic oxidation sites excluding steroid dienone is 1. The van der Waals surface area contributed by atoms with Gasteiger partial charge < -0.3 is 4.74 Å². The lowest BCUT2D eigenvalue weighted by molar-refractivity contribution is 0.0258. The first-order chi connectivity index (χ1) is 9.15. The number of rotatable bonds is 4. The highest BCUT2D eigenvalue weighted by Crippen LogP contribution is 2.67. The van der Waals surface area contributed by atoms with Gasteiger partial charge in [0.1, 0.15) is 0 Å². The highest BCUT2D eigenvalue weighted by molar-refractivity contribution is 5.14. The van der Waals surface area contributed by atoms with Gasteiger partial charge in [0.2, 0.25) is 0 Å². The maximum atomic E-state index is 5.79. The third kappa shape index (κ3) is 1.87. The van der Waals surface area contributed by atoms with E-state index in [1.54, 1.807) is 0 Å². The minimum absolute atomic E-state index is 0.491. The summed E-state index contributed by atoms with van der Waals surface area (Å²) >= 11 is 0. The SMILES string of the molecule is C=C1CC2(CO1)CC1CC2C(CC)C1C(CC)CC. The molecular formula is C18H30O. The lowest BCUT2D eigenvalue weighted by atomic mass is 9.60. The summed E-state index contributed by atoms with van der Waals surface area (Å²) in [6.45, 7) is 12.2. The molecule has 2 bridgehead atoms. The van der Waals surface area contributed by atoms with Crippen LogP contribution in [0.15, 0.2) is 12.3 Å². The van der Waals surface area contributed by atoms with E-state index >= 15 is 0 Å². The quantitative estimate of drug-likeness (QED) is 0.691. The largest absolute Gasteiger partial charge is 0.498 e.